The van der Waals surface area contributed by atoms with E-state index in [-0.39, 0.29) is 41.7 Å². The minimum absolute atomic E-state index is 0. The van der Waals surface area contributed by atoms with Gasteiger partial charge in [0, 0.05) is 34.2 Å². The first-order valence-electron chi connectivity index (χ1n) is 11.2. The number of unbranched alkanes of at least 4 members (excludes halogenated alkanes) is 3. The first-order chi connectivity index (χ1) is 13.5. The molecule has 0 heterocycles. The molecule has 31 heavy (non-hydrogen) atoms. The number of aliphatic carboxylic acids is 3. The predicted molar refractivity (Wildman–Crippen MR) is 115 cm³/mol. The summed E-state index contributed by atoms with van der Waals surface area (Å²) in [6, 6.07) is 0. The molecule has 0 atom stereocenters. The summed E-state index contributed by atoms with van der Waals surface area (Å²) < 4.78 is 0. The van der Waals surface area contributed by atoms with E-state index in [0.29, 0.717) is 19.3 Å². The molecule has 1 radical (unpaired) electrons. The van der Waals surface area contributed by atoms with Crippen LogP contribution in [-0.4, -0.2) is 17.9 Å². The monoisotopic (exact) mass is 569 g/mol. The topological polar surface area (TPSA) is 120 Å². The quantitative estimate of drug-likeness (QED) is 0.356. The smallest absolute Gasteiger partial charge is 0.550 e. The van der Waals surface area contributed by atoms with Crippen LogP contribution < -0.4 is 15.3 Å². The fraction of sp³-hybridized carbons (Fsp3) is 0.875. The van der Waals surface area contributed by atoms with Gasteiger partial charge in [-0.2, -0.15) is 0 Å². The molecular weight excluding hydrogens is 524 g/mol. The molecule has 0 aromatic heterocycles. The molecule has 0 spiro atoms. The Balaban J connectivity index is -0.000000174. The van der Waals surface area contributed by atoms with Crippen LogP contribution in [0.1, 0.15) is 120 Å². The third-order valence-electron chi connectivity index (χ3n) is 5.12. The normalized spacial score (nSPS) is 11.1. The van der Waals surface area contributed by atoms with Gasteiger partial charge in [0.25, 0.3) is 0 Å². The van der Waals surface area contributed by atoms with Crippen molar-refractivity contribution in [2.75, 3.05) is 0 Å². The Kier molecular flexibility index (Phi) is 23.7. The van der Waals surface area contributed by atoms with Gasteiger partial charge in [-0.05, 0) is 19.3 Å². The van der Waals surface area contributed by atoms with Crippen LogP contribution in [0.25, 0.3) is 0 Å². The van der Waals surface area contributed by atoms with Crippen molar-refractivity contribution in [3.05, 3.63) is 0 Å². The van der Waals surface area contributed by atoms with Crippen molar-refractivity contribution in [1.29, 1.82) is 0 Å². The van der Waals surface area contributed by atoms with E-state index < -0.39 is 34.2 Å². The molecule has 0 N–H and O–H groups in total. The molecule has 0 aliphatic heterocycles. The van der Waals surface area contributed by atoms with Crippen LogP contribution in [-0.2, 0) is 14.4 Å². The van der Waals surface area contributed by atoms with Crippen molar-refractivity contribution < 1.29 is 71.5 Å². The van der Waals surface area contributed by atoms with Gasteiger partial charge in [0.2, 0.25) is 0 Å². The number of carboxylic acid groups (broad SMARTS) is 3. The van der Waals surface area contributed by atoms with Crippen LogP contribution in [0.15, 0.2) is 0 Å². The maximum atomic E-state index is 10.4. The first kappa shape index (κ1) is 38.1. The average molecular weight is 570 g/mol. The molecule has 0 unspecified atom stereocenters. The van der Waals surface area contributed by atoms with Crippen LogP contribution >= 0.6 is 0 Å². The zero-order chi connectivity index (χ0) is 24.6. The molecule has 0 rings (SSSR count). The SMILES string of the molecule is CCCCC(C)(C)C(=O)[O-].CCCCC(C)(C)C(=O)[O-].CCCCC(C)(C)C(=O)[O-].[Ce+3]. The maximum Gasteiger partial charge on any atom is 3.00 e. The van der Waals surface area contributed by atoms with Gasteiger partial charge in [-0.1, -0.05) is 101 Å². The molecule has 0 bridgehead atoms. The molecule has 0 aliphatic carbocycles. The third-order valence-corrected chi connectivity index (χ3v) is 5.12. The van der Waals surface area contributed by atoms with Crippen molar-refractivity contribution in [2.24, 2.45) is 16.2 Å². The first-order valence-corrected chi connectivity index (χ1v) is 11.2. The standard InChI is InChI=1S/3C8H16O2.Ce/c3*1-4-5-6-8(2,3)7(9)10;/h3*4-6H2,1-3H3,(H,9,10);/q;;;+3/p-3. The van der Waals surface area contributed by atoms with E-state index in [1.54, 1.807) is 41.5 Å². The van der Waals surface area contributed by atoms with Crippen molar-refractivity contribution in [3.63, 3.8) is 0 Å². The van der Waals surface area contributed by atoms with Crippen molar-refractivity contribution in [2.45, 2.75) is 120 Å². The Morgan fingerprint density at radius 2 is 0.677 bits per heavy atom. The number of hydrogen-bond donors (Lipinski definition) is 0. The second-order valence-electron chi connectivity index (χ2n) is 9.82. The van der Waals surface area contributed by atoms with Crippen molar-refractivity contribution in [1.82, 2.24) is 0 Å². The Morgan fingerprint density at radius 3 is 0.774 bits per heavy atom. The van der Waals surface area contributed by atoms with Gasteiger partial charge in [0.05, 0.1) is 0 Å². The molecule has 0 fully saturated rings. The van der Waals surface area contributed by atoms with Gasteiger partial charge in [-0.25, -0.2) is 0 Å². The van der Waals surface area contributed by atoms with E-state index in [1.807, 2.05) is 20.8 Å². The van der Waals surface area contributed by atoms with Crippen LogP contribution in [0.5, 0.6) is 0 Å². The molecule has 0 amide bonds. The molecular formula is C24H45CeO6. The summed E-state index contributed by atoms with van der Waals surface area (Å²) in [4.78, 5) is 31.2. The number of carbonyl (C=O) groups excluding carboxylic acids is 3. The summed E-state index contributed by atoms with van der Waals surface area (Å²) in [6.45, 7) is 16.4. The molecule has 7 heteroatoms. The van der Waals surface area contributed by atoms with E-state index in [1.165, 1.54) is 0 Å². The van der Waals surface area contributed by atoms with Crippen LogP contribution in [0, 0.1) is 58.0 Å². The largest absolute Gasteiger partial charge is 3.00 e. The Morgan fingerprint density at radius 1 is 0.516 bits per heavy atom. The van der Waals surface area contributed by atoms with Gasteiger partial charge >= 0.3 is 41.7 Å². The van der Waals surface area contributed by atoms with Crippen molar-refractivity contribution in [3.8, 4) is 0 Å². The summed E-state index contributed by atoms with van der Waals surface area (Å²) in [5.74, 6) is -2.83. The van der Waals surface area contributed by atoms with E-state index in [2.05, 4.69) is 0 Å². The third kappa shape index (κ3) is 21.4. The average Bonchev–Trinajstić information content (AvgIpc) is 2.63. The van der Waals surface area contributed by atoms with Gasteiger partial charge in [-0.15, -0.1) is 0 Å². The minimum Gasteiger partial charge on any atom is -0.550 e. The number of carbonyl (C=O) groups is 3. The van der Waals surface area contributed by atoms with Crippen molar-refractivity contribution >= 4 is 17.9 Å². The van der Waals surface area contributed by atoms with Gasteiger partial charge in [0.1, 0.15) is 0 Å². The van der Waals surface area contributed by atoms with E-state index in [9.17, 15) is 29.7 Å². The van der Waals surface area contributed by atoms with E-state index >= 15 is 0 Å². The van der Waals surface area contributed by atoms with E-state index in [0.717, 1.165) is 38.5 Å². The van der Waals surface area contributed by atoms with Crippen LogP contribution in [0.3, 0.4) is 0 Å². The minimum atomic E-state index is -0.944. The van der Waals surface area contributed by atoms with Gasteiger partial charge < -0.3 is 29.7 Å². The second-order valence-corrected chi connectivity index (χ2v) is 9.82. The molecule has 0 saturated carbocycles. The Hall–Kier alpha value is -0.213. The van der Waals surface area contributed by atoms with Gasteiger partial charge in [-0.3, -0.25) is 0 Å². The Labute approximate surface area is 224 Å². The molecule has 0 saturated heterocycles. The zero-order valence-electron chi connectivity index (χ0n) is 21.3. The molecule has 0 aromatic carbocycles. The summed E-state index contributed by atoms with van der Waals surface area (Å²) in [5.41, 5.74) is -1.93. The summed E-state index contributed by atoms with van der Waals surface area (Å²) in [6.07, 6.45) is 8.14. The molecule has 0 aliphatic rings. The number of carboxylic acids is 3. The fourth-order valence-corrected chi connectivity index (χ4v) is 2.16. The number of rotatable bonds is 12. The Bertz CT molecular complexity index is 427. The zero-order valence-corrected chi connectivity index (χ0v) is 24.5. The molecule has 6 nitrogen and oxygen atoms in total. The summed E-state index contributed by atoms with van der Waals surface area (Å²) in [5, 5.41) is 31.2. The van der Waals surface area contributed by atoms with E-state index in [4.69, 9.17) is 0 Å². The second kappa shape index (κ2) is 19.3. The number of hydrogen-bond acceptors (Lipinski definition) is 6. The predicted octanol–water partition coefficient (Wildman–Crippen LogP) is 2.86. The molecule has 0 aromatic rings. The maximum absolute atomic E-state index is 10.4. The fourth-order valence-electron chi connectivity index (χ4n) is 2.16. The summed E-state index contributed by atoms with van der Waals surface area (Å²) in [7, 11) is 0. The van der Waals surface area contributed by atoms with Gasteiger partial charge in [0.15, 0.2) is 0 Å². The summed E-state index contributed by atoms with van der Waals surface area (Å²) >= 11 is 0. The molecule has 181 valence electrons. The van der Waals surface area contributed by atoms with Crippen LogP contribution in [0.2, 0.25) is 0 Å². The van der Waals surface area contributed by atoms with Crippen LogP contribution in [0.4, 0.5) is 0 Å².